The summed E-state index contributed by atoms with van der Waals surface area (Å²) in [7, 11) is 0. The second-order valence-corrected chi connectivity index (χ2v) is 5.19. The van der Waals surface area contributed by atoms with Crippen LogP contribution >= 0.6 is 0 Å². The first-order valence-corrected chi connectivity index (χ1v) is 7.56. The monoisotopic (exact) mass is 301 g/mol. The summed E-state index contributed by atoms with van der Waals surface area (Å²) in [5.74, 6) is 1.68. The van der Waals surface area contributed by atoms with E-state index < -0.39 is 0 Å². The lowest BCUT2D eigenvalue weighted by atomic mass is 10.4. The van der Waals surface area contributed by atoms with Crippen molar-refractivity contribution in [2.75, 3.05) is 18.0 Å². The minimum Gasteiger partial charge on any atom is -0.444 e. The highest BCUT2D eigenvalue weighted by molar-refractivity contribution is 5.92. The number of carbonyl (C=O) groups excluding carboxylic acids is 1. The third kappa shape index (κ3) is 3.24. The standard InChI is InChI=1S/C15H19N5O2/c1-2-11-9-17-13(22-11)10-18-14(21)12-5-6-16-15(19-12)20-7-3-4-8-20/h5-6,9H,2-4,7-8,10H2,1H3,(H,18,21). The number of nitrogens with zero attached hydrogens (tertiary/aromatic N) is 4. The van der Waals surface area contributed by atoms with Gasteiger partial charge in [-0.05, 0) is 18.9 Å². The molecule has 7 nitrogen and oxygen atoms in total. The van der Waals surface area contributed by atoms with Gasteiger partial charge in [-0.25, -0.2) is 15.0 Å². The van der Waals surface area contributed by atoms with Gasteiger partial charge in [-0.1, -0.05) is 6.92 Å². The van der Waals surface area contributed by atoms with E-state index in [1.54, 1.807) is 18.5 Å². The lowest BCUT2D eigenvalue weighted by Crippen LogP contribution is -2.26. The highest BCUT2D eigenvalue weighted by Crippen LogP contribution is 2.15. The molecule has 3 rings (SSSR count). The molecule has 2 aromatic heterocycles. The van der Waals surface area contributed by atoms with E-state index in [1.807, 2.05) is 6.92 Å². The van der Waals surface area contributed by atoms with Crippen LogP contribution in [0, 0.1) is 0 Å². The first-order valence-electron chi connectivity index (χ1n) is 7.56. The Morgan fingerprint density at radius 3 is 2.91 bits per heavy atom. The zero-order chi connectivity index (χ0) is 15.4. The van der Waals surface area contributed by atoms with Crippen molar-refractivity contribution in [3.63, 3.8) is 0 Å². The summed E-state index contributed by atoms with van der Waals surface area (Å²) in [4.78, 5) is 27.0. The van der Waals surface area contributed by atoms with E-state index in [-0.39, 0.29) is 12.5 Å². The molecule has 3 heterocycles. The van der Waals surface area contributed by atoms with Crippen LogP contribution in [0.15, 0.2) is 22.9 Å². The van der Waals surface area contributed by atoms with Gasteiger partial charge in [-0.15, -0.1) is 0 Å². The van der Waals surface area contributed by atoms with Crippen molar-refractivity contribution in [2.24, 2.45) is 0 Å². The van der Waals surface area contributed by atoms with E-state index in [0.29, 0.717) is 17.5 Å². The minimum atomic E-state index is -0.251. The Bertz CT molecular complexity index is 649. The van der Waals surface area contributed by atoms with Crippen molar-refractivity contribution in [3.05, 3.63) is 35.8 Å². The van der Waals surface area contributed by atoms with E-state index in [4.69, 9.17) is 4.42 Å². The van der Waals surface area contributed by atoms with Crippen molar-refractivity contribution in [1.29, 1.82) is 0 Å². The molecule has 1 fully saturated rings. The fraction of sp³-hybridized carbons (Fsp3) is 0.467. The molecule has 0 aromatic carbocycles. The maximum absolute atomic E-state index is 12.2. The highest BCUT2D eigenvalue weighted by atomic mass is 16.4. The predicted molar refractivity (Wildman–Crippen MR) is 80.5 cm³/mol. The van der Waals surface area contributed by atoms with Crippen molar-refractivity contribution in [3.8, 4) is 0 Å². The van der Waals surface area contributed by atoms with Crippen LogP contribution in [0.4, 0.5) is 5.95 Å². The third-order valence-corrected chi connectivity index (χ3v) is 3.61. The Balaban J connectivity index is 1.63. The quantitative estimate of drug-likeness (QED) is 0.902. The lowest BCUT2D eigenvalue weighted by Gasteiger charge is -2.15. The number of anilines is 1. The topological polar surface area (TPSA) is 84.2 Å². The summed E-state index contributed by atoms with van der Waals surface area (Å²) in [6, 6.07) is 1.61. The molecule has 7 heteroatoms. The fourth-order valence-electron chi connectivity index (χ4n) is 2.38. The largest absolute Gasteiger partial charge is 0.444 e. The zero-order valence-electron chi connectivity index (χ0n) is 12.6. The summed E-state index contributed by atoms with van der Waals surface area (Å²) in [6.07, 6.45) is 6.37. The minimum absolute atomic E-state index is 0.251. The van der Waals surface area contributed by atoms with Crippen molar-refractivity contribution >= 4 is 11.9 Å². The van der Waals surface area contributed by atoms with E-state index in [0.717, 1.165) is 38.1 Å². The van der Waals surface area contributed by atoms with Gasteiger partial charge in [0.25, 0.3) is 5.91 Å². The molecule has 1 amide bonds. The number of aromatic nitrogens is 3. The summed E-state index contributed by atoms with van der Waals surface area (Å²) in [6.45, 7) is 4.13. The molecule has 116 valence electrons. The van der Waals surface area contributed by atoms with Crippen molar-refractivity contribution in [2.45, 2.75) is 32.7 Å². The normalized spacial score (nSPS) is 14.3. The van der Waals surface area contributed by atoms with Gasteiger partial charge >= 0.3 is 0 Å². The van der Waals surface area contributed by atoms with Crippen LogP contribution in [-0.2, 0) is 13.0 Å². The van der Waals surface area contributed by atoms with Gasteiger partial charge in [0.05, 0.1) is 12.7 Å². The number of aryl methyl sites for hydroxylation is 1. The van der Waals surface area contributed by atoms with Crippen LogP contribution in [0.2, 0.25) is 0 Å². The third-order valence-electron chi connectivity index (χ3n) is 3.61. The van der Waals surface area contributed by atoms with Gasteiger partial charge in [0.1, 0.15) is 11.5 Å². The number of carbonyl (C=O) groups is 1. The second-order valence-electron chi connectivity index (χ2n) is 5.19. The molecule has 1 aliphatic heterocycles. The van der Waals surface area contributed by atoms with E-state index in [1.165, 1.54) is 0 Å². The maximum Gasteiger partial charge on any atom is 0.270 e. The molecule has 0 atom stereocenters. The van der Waals surface area contributed by atoms with E-state index >= 15 is 0 Å². The van der Waals surface area contributed by atoms with Gasteiger partial charge < -0.3 is 14.6 Å². The van der Waals surface area contributed by atoms with Crippen molar-refractivity contribution in [1.82, 2.24) is 20.3 Å². The number of nitrogens with one attached hydrogen (secondary N) is 1. The first-order chi connectivity index (χ1) is 10.8. The van der Waals surface area contributed by atoms with Crippen LogP contribution in [0.25, 0.3) is 0 Å². The van der Waals surface area contributed by atoms with Crippen LogP contribution < -0.4 is 10.2 Å². The molecule has 0 saturated carbocycles. The molecule has 0 aliphatic carbocycles. The van der Waals surface area contributed by atoms with Gasteiger partial charge in [0, 0.05) is 25.7 Å². The average molecular weight is 301 g/mol. The Morgan fingerprint density at radius 2 is 2.18 bits per heavy atom. The number of hydrogen-bond donors (Lipinski definition) is 1. The van der Waals surface area contributed by atoms with Gasteiger partial charge in [0.2, 0.25) is 11.8 Å². The molecule has 0 radical (unpaired) electrons. The Kier molecular flexibility index (Phi) is 4.32. The highest BCUT2D eigenvalue weighted by Gasteiger charge is 2.17. The number of hydrogen-bond acceptors (Lipinski definition) is 6. The SMILES string of the molecule is CCc1cnc(CNC(=O)c2ccnc(N3CCCC3)n2)o1. The predicted octanol–water partition coefficient (Wildman–Crippen LogP) is 1.56. The number of rotatable bonds is 5. The summed E-state index contributed by atoms with van der Waals surface area (Å²) < 4.78 is 5.46. The molecule has 1 saturated heterocycles. The average Bonchev–Trinajstić information content (AvgIpc) is 3.24. The Hall–Kier alpha value is -2.44. The maximum atomic E-state index is 12.2. The van der Waals surface area contributed by atoms with E-state index in [9.17, 15) is 4.79 Å². The molecule has 22 heavy (non-hydrogen) atoms. The molecular formula is C15H19N5O2. The second kappa shape index (κ2) is 6.55. The van der Waals surface area contributed by atoms with Gasteiger partial charge in [-0.3, -0.25) is 4.79 Å². The van der Waals surface area contributed by atoms with E-state index in [2.05, 4.69) is 25.2 Å². The van der Waals surface area contributed by atoms with Gasteiger partial charge in [0.15, 0.2) is 0 Å². The van der Waals surface area contributed by atoms with Crippen molar-refractivity contribution < 1.29 is 9.21 Å². The Morgan fingerprint density at radius 1 is 1.36 bits per heavy atom. The molecule has 0 spiro atoms. The zero-order valence-corrected chi connectivity index (χ0v) is 12.6. The van der Waals surface area contributed by atoms with Crippen LogP contribution in [-0.4, -0.2) is 33.9 Å². The first kappa shape index (κ1) is 14.5. The molecule has 0 unspecified atom stereocenters. The van der Waals surface area contributed by atoms with Crippen LogP contribution in [0.3, 0.4) is 0 Å². The van der Waals surface area contributed by atoms with Gasteiger partial charge in [-0.2, -0.15) is 0 Å². The molecule has 2 aromatic rings. The summed E-state index contributed by atoms with van der Waals surface area (Å²) >= 11 is 0. The molecular weight excluding hydrogens is 282 g/mol. The van der Waals surface area contributed by atoms with Crippen LogP contribution in [0.1, 0.15) is 41.9 Å². The smallest absolute Gasteiger partial charge is 0.270 e. The number of oxazole rings is 1. The summed E-state index contributed by atoms with van der Waals surface area (Å²) in [5.41, 5.74) is 0.360. The lowest BCUT2D eigenvalue weighted by molar-refractivity contribution is 0.0942. The van der Waals surface area contributed by atoms with Crippen LogP contribution in [0.5, 0.6) is 0 Å². The number of amides is 1. The summed E-state index contributed by atoms with van der Waals surface area (Å²) in [5, 5.41) is 2.77. The molecule has 0 bridgehead atoms. The molecule has 1 aliphatic rings. The fourth-order valence-corrected chi connectivity index (χ4v) is 2.38. The Labute approximate surface area is 128 Å². The molecule has 1 N–H and O–H groups in total.